The summed E-state index contributed by atoms with van der Waals surface area (Å²) in [7, 11) is 0. The molecule has 0 saturated carbocycles. The topological polar surface area (TPSA) is 70.5 Å². The number of nitrogens with zero attached hydrogens (tertiary/aromatic N) is 2. The van der Waals surface area contributed by atoms with E-state index in [1.807, 2.05) is 0 Å². The molecule has 6 nitrogen and oxygen atoms in total. The lowest BCUT2D eigenvalue weighted by Gasteiger charge is -2.15. The van der Waals surface area contributed by atoms with E-state index in [0.717, 1.165) is 19.4 Å². The number of carbonyl (C=O) groups is 1. The quantitative estimate of drug-likeness (QED) is 0.718. The number of carbonyl (C=O) groups excluding carboxylic acids is 1. The zero-order chi connectivity index (χ0) is 13.5. The Balaban J connectivity index is 1.67. The summed E-state index contributed by atoms with van der Waals surface area (Å²) in [5, 5.41) is 0. The first-order valence-corrected chi connectivity index (χ1v) is 6.40. The third-order valence-electron chi connectivity index (χ3n) is 2.87. The molecule has 1 saturated heterocycles. The Morgan fingerprint density at radius 3 is 3.16 bits per heavy atom. The van der Waals surface area contributed by atoms with E-state index in [0.29, 0.717) is 12.3 Å². The van der Waals surface area contributed by atoms with Crippen LogP contribution in [0.3, 0.4) is 0 Å². The first-order valence-electron chi connectivity index (χ1n) is 6.40. The SMILES string of the molecule is C[C@@H](OC[C@@H]1CCCO1)C(=O)OCc1cnccn1. The van der Waals surface area contributed by atoms with Gasteiger partial charge in [0.25, 0.3) is 0 Å². The van der Waals surface area contributed by atoms with Gasteiger partial charge in [-0.05, 0) is 19.8 Å². The van der Waals surface area contributed by atoms with Crippen molar-refractivity contribution in [2.75, 3.05) is 13.2 Å². The second-order valence-corrected chi connectivity index (χ2v) is 4.42. The summed E-state index contributed by atoms with van der Waals surface area (Å²) in [6.45, 7) is 3.00. The molecule has 0 unspecified atom stereocenters. The van der Waals surface area contributed by atoms with Crippen LogP contribution < -0.4 is 0 Å². The molecule has 1 aliphatic heterocycles. The third kappa shape index (κ3) is 4.57. The van der Waals surface area contributed by atoms with Crippen LogP contribution in [0.5, 0.6) is 0 Å². The summed E-state index contributed by atoms with van der Waals surface area (Å²) in [4.78, 5) is 19.6. The van der Waals surface area contributed by atoms with Crippen LogP contribution >= 0.6 is 0 Å². The van der Waals surface area contributed by atoms with Crippen LogP contribution in [0.2, 0.25) is 0 Å². The van der Waals surface area contributed by atoms with E-state index < -0.39 is 12.1 Å². The Morgan fingerprint density at radius 1 is 1.58 bits per heavy atom. The summed E-state index contributed by atoms with van der Waals surface area (Å²) in [6, 6.07) is 0. The first kappa shape index (κ1) is 13.9. The fourth-order valence-corrected chi connectivity index (χ4v) is 1.76. The fourth-order valence-electron chi connectivity index (χ4n) is 1.76. The van der Waals surface area contributed by atoms with Gasteiger partial charge in [0.1, 0.15) is 6.61 Å². The minimum Gasteiger partial charge on any atom is -0.457 e. The van der Waals surface area contributed by atoms with E-state index in [-0.39, 0.29) is 12.7 Å². The Kier molecular flexibility index (Phi) is 5.23. The average molecular weight is 266 g/mol. The second-order valence-electron chi connectivity index (χ2n) is 4.42. The molecule has 6 heteroatoms. The molecule has 0 bridgehead atoms. The molecule has 2 heterocycles. The fraction of sp³-hybridized carbons (Fsp3) is 0.615. The molecule has 104 valence electrons. The van der Waals surface area contributed by atoms with E-state index in [9.17, 15) is 4.79 Å². The molecular formula is C13H18N2O4. The zero-order valence-electron chi connectivity index (χ0n) is 10.9. The molecule has 0 aliphatic carbocycles. The molecule has 2 rings (SSSR count). The number of esters is 1. The highest BCUT2D eigenvalue weighted by Gasteiger charge is 2.20. The van der Waals surface area contributed by atoms with Crippen molar-refractivity contribution in [1.29, 1.82) is 0 Å². The van der Waals surface area contributed by atoms with Crippen molar-refractivity contribution in [2.24, 2.45) is 0 Å². The zero-order valence-corrected chi connectivity index (χ0v) is 10.9. The maximum absolute atomic E-state index is 11.7. The van der Waals surface area contributed by atoms with Gasteiger partial charge in [-0.3, -0.25) is 9.97 Å². The minimum atomic E-state index is -0.596. The summed E-state index contributed by atoms with van der Waals surface area (Å²) in [5.41, 5.74) is 0.613. The smallest absolute Gasteiger partial charge is 0.335 e. The summed E-state index contributed by atoms with van der Waals surface area (Å²) < 4.78 is 16.0. The largest absolute Gasteiger partial charge is 0.457 e. The molecular weight excluding hydrogens is 248 g/mol. The molecule has 19 heavy (non-hydrogen) atoms. The van der Waals surface area contributed by atoms with Gasteiger partial charge in [0.15, 0.2) is 6.10 Å². The Bertz CT molecular complexity index is 393. The van der Waals surface area contributed by atoms with Gasteiger partial charge in [-0.1, -0.05) is 0 Å². The van der Waals surface area contributed by atoms with Gasteiger partial charge in [0, 0.05) is 19.0 Å². The highest BCUT2D eigenvalue weighted by molar-refractivity contribution is 5.74. The van der Waals surface area contributed by atoms with E-state index >= 15 is 0 Å². The summed E-state index contributed by atoms with van der Waals surface area (Å²) >= 11 is 0. The lowest BCUT2D eigenvalue weighted by atomic mass is 10.2. The third-order valence-corrected chi connectivity index (χ3v) is 2.87. The number of hydrogen-bond donors (Lipinski definition) is 0. The average Bonchev–Trinajstić information content (AvgIpc) is 2.96. The van der Waals surface area contributed by atoms with Crippen LogP contribution in [0, 0.1) is 0 Å². The predicted molar refractivity (Wildman–Crippen MR) is 66.2 cm³/mol. The molecule has 0 aromatic carbocycles. The van der Waals surface area contributed by atoms with Gasteiger partial charge in [-0.25, -0.2) is 4.79 Å². The predicted octanol–water partition coefficient (Wildman–Crippen LogP) is 1.10. The van der Waals surface area contributed by atoms with Crippen LogP contribution in [0.1, 0.15) is 25.5 Å². The number of ether oxygens (including phenoxy) is 3. The van der Waals surface area contributed by atoms with Crippen molar-refractivity contribution in [3.05, 3.63) is 24.3 Å². The minimum absolute atomic E-state index is 0.107. The van der Waals surface area contributed by atoms with Crippen molar-refractivity contribution in [1.82, 2.24) is 9.97 Å². The second kappa shape index (κ2) is 7.16. The van der Waals surface area contributed by atoms with Crippen molar-refractivity contribution >= 4 is 5.97 Å². The monoisotopic (exact) mass is 266 g/mol. The standard InChI is InChI=1S/C13H18N2O4/c1-10(18-9-12-3-2-6-17-12)13(16)19-8-11-7-14-4-5-15-11/h4-5,7,10,12H,2-3,6,8-9H2,1H3/t10-,12+/m1/s1. The number of hydrogen-bond acceptors (Lipinski definition) is 6. The van der Waals surface area contributed by atoms with Crippen molar-refractivity contribution in [3.63, 3.8) is 0 Å². The van der Waals surface area contributed by atoms with E-state index in [1.54, 1.807) is 25.5 Å². The Hall–Kier alpha value is -1.53. The van der Waals surface area contributed by atoms with Gasteiger partial charge in [0.05, 0.1) is 24.6 Å². The van der Waals surface area contributed by atoms with Crippen LogP contribution in [0.4, 0.5) is 0 Å². The summed E-state index contributed by atoms with van der Waals surface area (Å²) in [5.74, 6) is -0.399. The Labute approximate surface area is 112 Å². The molecule has 0 radical (unpaired) electrons. The first-order chi connectivity index (χ1) is 9.25. The van der Waals surface area contributed by atoms with Crippen LogP contribution in [0.15, 0.2) is 18.6 Å². The van der Waals surface area contributed by atoms with Gasteiger partial charge in [-0.2, -0.15) is 0 Å². The van der Waals surface area contributed by atoms with Crippen molar-refractivity contribution in [2.45, 2.75) is 38.6 Å². The van der Waals surface area contributed by atoms with E-state index in [4.69, 9.17) is 14.2 Å². The van der Waals surface area contributed by atoms with Crippen LogP contribution in [0.25, 0.3) is 0 Å². The molecule has 0 amide bonds. The van der Waals surface area contributed by atoms with Crippen molar-refractivity contribution < 1.29 is 19.0 Å². The maximum atomic E-state index is 11.7. The molecule has 1 aromatic rings. The van der Waals surface area contributed by atoms with Gasteiger partial charge >= 0.3 is 5.97 Å². The molecule has 0 N–H and O–H groups in total. The van der Waals surface area contributed by atoms with E-state index in [2.05, 4.69) is 9.97 Å². The van der Waals surface area contributed by atoms with E-state index in [1.165, 1.54) is 0 Å². The number of aromatic nitrogens is 2. The molecule has 2 atom stereocenters. The van der Waals surface area contributed by atoms with Crippen molar-refractivity contribution in [3.8, 4) is 0 Å². The molecule has 1 aromatic heterocycles. The van der Waals surface area contributed by atoms with Crippen LogP contribution in [-0.4, -0.2) is 41.4 Å². The van der Waals surface area contributed by atoms with Crippen LogP contribution in [-0.2, 0) is 25.6 Å². The van der Waals surface area contributed by atoms with Gasteiger partial charge in [-0.15, -0.1) is 0 Å². The normalized spacial score (nSPS) is 20.2. The molecule has 1 fully saturated rings. The number of rotatable bonds is 6. The molecule has 1 aliphatic rings. The lowest BCUT2D eigenvalue weighted by molar-refractivity contribution is -0.159. The highest BCUT2D eigenvalue weighted by Crippen LogP contribution is 2.13. The Morgan fingerprint density at radius 2 is 2.47 bits per heavy atom. The van der Waals surface area contributed by atoms with Gasteiger partial charge < -0.3 is 14.2 Å². The molecule has 0 spiro atoms. The highest BCUT2D eigenvalue weighted by atomic mass is 16.6. The maximum Gasteiger partial charge on any atom is 0.335 e. The lowest BCUT2D eigenvalue weighted by Crippen LogP contribution is -2.27. The van der Waals surface area contributed by atoms with Gasteiger partial charge in [0.2, 0.25) is 0 Å². The summed E-state index contributed by atoms with van der Waals surface area (Å²) in [6.07, 6.45) is 6.24.